The molecule has 0 saturated carbocycles. The van der Waals surface area contributed by atoms with Crippen molar-refractivity contribution in [3.8, 4) is 11.5 Å². The van der Waals surface area contributed by atoms with Gasteiger partial charge in [-0.25, -0.2) is 0 Å². The first-order valence-electron chi connectivity index (χ1n) is 7.50. The Kier molecular flexibility index (Phi) is 9.33. The number of unbranched alkanes of at least 4 members (excludes halogenated alkanes) is 1. The maximum Gasteiger partial charge on any atom is 0.161 e. The van der Waals surface area contributed by atoms with Gasteiger partial charge in [0.05, 0.1) is 19.8 Å². The highest BCUT2D eigenvalue weighted by Gasteiger charge is 2.06. The molecule has 0 radical (unpaired) electrons. The number of hydrogen-bond donors (Lipinski definition) is 1. The molecule has 21 heavy (non-hydrogen) atoms. The van der Waals surface area contributed by atoms with Crippen LogP contribution in [0.1, 0.15) is 25.3 Å². The first-order valence-corrected chi connectivity index (χ1v) is 7.50. The average Bonchev–Trinajstić information content (AvgIpc) is 2.50. The zero-order chi connectivity index (χ0) is 15.3. The van der Waals surface area contributed by atoms with Crippen LogP contribution < -0.4 is 14.8 Å². The minimum atomic E-state index is 0.629. The Hall–Kier alpha value is -1.52. The standard InChI is InChI=1S/C17H27NO3/c1-4-6-7-11-21-16-9-8-15(13-17(16)20-5-2)14-18-10-12-19-3/h4,8-9,13,18H,1,5-7,10-12,14H2,2-3H3. The lowest BCUT2D eigenvalue weighted by atomic mass is 10.2. The molecule has 0 aliphatic carbocycles. The number of allylic oxidation sites excluding steroid dienone is 1. The monoisotopic (exact) mass is 293 g/mol. The molecule has 4 nitrogen and oxygen atoms in total. The summed E-state index contributed by atoms with van der Waals surface area (Å²) in [7, 11) is 1.70. The van der Waals surface area contributed by atoms with Crippen LogP contribution >= 0.6 is 0 Å². The minimum absolute atomic E-state index is 0.629. The summed E-state index contributed by atoms with van der Waals surface area (Å²) in [4.78, 5) is 0. The fraction of sp³-hybridized carbons (Fsp3) is 0.529. The first-order chi connectivity index (χ1) is 10.3. The topological polar surface area (TPSA) is 39.7 Å². The van der Waals surface area contributed by atoms with Crippen LogP contribution in [0.25, 0.3) is 0 Å². The van der Waals surface area contributed by atoms with Gasteiger partial charge < -0.3 is 19.5 Å². The van der Waals surface area contributed by atoms with Crippen LogP contribution in [-0.4, -0.2) is 33.5 Å². The van der Waals surface area contributed by atoms with E-state index in [0.717, 1.165) is 37.4 Å². The average molecular weight is 293 g/mol. The SMILES string of the molecule is C=CCCCOc1ccc(CNCCOC)cc1OCC. The van der Waals surface area contributed by atoms with E-state index in [4.69, 9.17) is 14.2 Å². The molecule has 0 atom stereocenters. The first kappa shape index (κ1) is 17.5. The summed E-state index contributed by atoms with van der Waals surface area (Å²) in [6.07, 6.45) is 3.84. The number of nitrogens with one attached hydrogen (secondary N) is 1. The minimum Gasteiger partial charge on any atom is -0.490 e. The zero-order valence-corrected chi connectivity index (χ0v) is 13.2. The maximum atomic E-state index is 5.78. The van der Waals surface area contributed by atoms with Gasteiger partial charge in [-0.15, -0.1) is 6.58 Å². The third-order valence-electron chi connectivity index (χ3n) is 2.93. The molecule has 4 heteroatoms. The molecule has 0 amide bonds. The fourth-order valence-electron chi connectivity index (χ4n) is 1.87. The second-order valence-electron chi connectivity index (χ2n) is 4.66. The van der Waals surface area contributed by atoms with Crippen LogP contribution in [0.4, 0.5) is 0 Å². The summed E-state index contributed by atoms with van der Waals surface area (Å²) < 4.78 is 16.5. The summed E-state index contributed by atoms with van der Waals surface area (Å²) in [5, 5.41) is 3.32. The molecular formula is C17H27NO3. The number of methoxy groups -OCH3 is 1. The second-order valence-corrected chi connectivity index (χ2v) is 4.66. The molecule has 0 saturated heterocycles. The summed E-state index contributed by atoms with van der Waals surface area (Å²) in [6, 6.07) is 6.07. The highest BCUT2D eigenvalue weighted by atomic mass is 16.5. The van der Waals surface area contributed by atoms with Gasteiger partial charge in [-0.1, -0.05) is 12.1 Å². The number of rotatable bonds is 12. The van der Waals surface area contributed by atoms with Crippen LogP contribution in [-0.2, 0) is 11.3 Å². The smallest absolute Gasteiger partial charge is 0.161 e. The summed E-state index contributed by atoms with van der Waals surface area (Å²) in [6.45, 7) is 9.33. The van der Waals surface area contributed by atoms with Crippen molar-refractivity contribution in [3.05, 3.63) is 36.4 Å². The van der Waals surface area contributed by atoms with E-state index in [2.05, 4.69) is 18.0 Å². The fourth-order valence-corrected chi connectivity index (χ4v) is 1.87. The van der Waals surface area contributed by atoms with E-state index < -0.39 is 0 Å². The Labute approximate surface area is 128 Å². The molecule has 0 bridgehead atoms. The van der Waals surface area contributed by atoms with E-state index in [-0.39, 0.29) is 0 Å². The molecule has 1 rings (SSSR count). The molecule has 1 N–H and O–H groups in total. The summed E-state index contributed by atoms with van der Waals surface area (Å²) >= 11 is 0. The molecule has 0 heterocycles. The lowest BCUT2D eigenvalue weighted by Crippen LogP contribution is -2.18. The molecule has 0 fully saturated rings. The second kappa shape index (κ2) is 11.2. The van der Waals surface area contributed by atoms with Crippen molar-refractivity contribution in [3.63, 3.8) is 0 Å². The third kappa shape index (κ3) is 7.16. The van der Waals surface area contributed by atoms with E-state index >= 15 is 0 Å². The lowest BCUT2D eigenvalue weighted by molar-refractivity contribution is 0.199. The molecule has 118 valence electrons. The Morgan fingerprint density at radius 3 is 2.76 bits per heavy atom. The molecule has 0 unspecified atom stereocenters. The van der Waals surface area contributed by atoms with E-state index in [1.165, 1.54) is 5.56 Å². The normalized spacial score (nSPS) is 10.4. The van der Waals surface area contributed by atoms with Crippen molar-refractivity contribution < 1.29 is 14.2 Å². The van der Waals surface area contributed by atoms with Gasteiger partial charge in [-0.3, -0.25) is 0 Å². The van der Waals surface area contributed by atoms with Crippen LogP contribution in [0.15, 0.2) is 30.9 Å². The molecule has 0 aliphatic rings. The van der Waals surface area contributed by atoms with Gasteiger partial charge in [0.25, 0.3) is 0 Å². The lowest BCUT2D eigenvalue weighted by Gasteiger charge is -2.13. The number of benzene rings is 1. The predicted molar refractivity (Wildman–Crippen MR) is 86.1 cm³/mol. The van der Waals surface area contributed by atoms with E-state index in [0.29, 0.717) is 19.8 Å². The van der Waals surface area contributed by atoms with Crippen molar-refractivity contribution in [1.29, 1.82) is 0 Å². The van der Waals surface area contributed by atoms with Gasteiger partial charge >= 0.3 is 0 Å². The number of hydrogen-bond acceptors (Lipinski definition) is 4. The van der Waals surface area contributed by atoms with Crippen LogP contribution in [0, 0.1) is 0 Å². The molecular weight excluding hydrogens is 266 g/mol. The highest BCUT2D eigenvalue weighted by Crippen LogP contribution is 2.28. The van der Waals surface area contributed by atoms with E-state index in [1.807, 2.05) is 25.1 Å². The highest BCUT2D eigenvalue weighted by molar-refractivity contribution is 5.43. The van der Waals surface area contributed by atoms with Gasteiger partial charge in [0.15, 0.2) is 11.5 Å². The maximum absolute atomic E-state index is 5.78. The van der Waals surface area contributed by atoms with Crippen molar-refractivity contribution in [2.45, 2.75) is 26.3 Å². The van der Waals surface area contributed by atoms with Crippen LogP contribution in [0.5, 0.6) is 11.5 Å². The van der Waals surface area contributed by atoms with E-state index in [1.54, 1.807) is 7.11 Å². The van der Waals surface area contributed by atoms with Gasteiger partial charge in [-0.2, -0.15) is 0 Å². The Balaban J connectivity index is 2.56. The summed E-state index contributed by atoms with van der Waals surface area (Å²) in [5.41, 5.74) is 1.17. The molecule has 0 aliphatic heterocycles. The largest absolute Gasteiger partial charge is 0.490 e. The van der Waals surface area contributed by atoms with Gasteiger partial charge in [-0.05, 0) is 37.5 Å². The van der Waals surface area contributed by atoms with Gasteiger partial charge in [0, 0.05) is 20.2 Å². The van der Waals surface area contributed by atoms with Crippen molar-refractivity contribution in [2.24, 2.45) is 0 Å². The van der Waals surface area contributed by atoms with Gasteiger partial charge in [0.1, 0.15) is 0 Å². The van der Waals surface area contributed by atoms with Crippen molar-refractivity contribution in [2.75, 3.05) is 33.5 Å². The van der Waals surface area contributed by atoms with Crippen molar-refractivity contribution in [1.82, 2.24) is 5.32 Å². The van der Waals surface area contributed by atoms with Crippen LogP contribution in [0.3, 0.4) is 0 Å². The number of ether oxygens (including phenoxy) is 3. The Morgan fingerprint density at radius 1 is 1.19 bits per heavy atom. The van der Waals surface area contributed by atoms with Crippen molar-refractivity contribution >= 4 is 0 Å². The molecule has 0 spiro atoms. The van der Waals surface area contributed by atoms with Gasteiger partial charge in [0.2, 0.25) is 0 Å². The third-order valence-corrected chi connectivity index (χ3v) is 2.93. The van der Waals surface area contributed by atoms with E-state index in [9.17, 15) is 0 Å². The molecule has 0 aromatic heterocycles. The predicted octanol–water partition coefficient (Wildman–Crippen LogP) is 3.17. The molecule has 1 aromatic rings. The molecule has 1 aromatic carbocycles. The van der Waals surface area contributed by atoms with Crippen LogP contribution in [0.2, 0.25) is 0 Å². The quantitative estimate of drug-likeness (QED) is 0.475. The summed E-state index contributed by atoms with van der Waals surface area (Å²) in [5.74, 6) is 1.61. The Morgan fingerprint density at radius 2 is 2.05 bits per heavy atom. The zero-order valence-electron chi connectivity index (χ0n) is 13.2. The Bertz CT molecular complexity index is 407.